The lowest BCUT2D eigenvalue weighted by molar-refractivity contribution is 0.285. The molecule has 4 rings (SSSR count). The first-order valence-corrected chi connectivity index (χ1v) is 13.9. The fraction of sp³-hybridized carbons (Fsp3) is 0.286. The van der Waals surface area contributed by atoms with Gasteiger partial charge in [-0.05, 0) is 34.9 Å². The molecule has 0 amide bonds. The van der Waals surface area contributed by atoms with E-state index in [-0.39, 0.29) is 10.2 Å². The zero-order chi connectivity index (χ0) is 26.2. The van der Waals surface area contributed by atoms with E-state index in [1.54, 1.807) is 0 Å². The first-order chi connectivity index (χ1) is 17.3. The lowest BCUT2D eigenvalue weighted by Crippen LogP contribution is -2.38. The zero-order valence-corrected chi connectivity index (χ0v) is 23.2. The monoisotopic (exact) mass is 568 g/mol. The Bertz CT molecular complexity index is 1130. The van der Waals surface area contributed by atoms with Crippen molar-refractivity contribution in [2.24, 2.45) is 5.41 Å². The van der Waals surface area contributed by atoms with Gasteiger partial charge in [-0.25, -0.2) is 9.67 Å². The third-order valence-corrected chi connectivity index (χ3v) is 8.40. The van der Waals surface area contributed by atoms with E-state index in [0.717, 1.165) is 35.4 Å². The smallest absolute Gasteiger partial charge is 0.233 e. The molecule has 0 bridgehead atoms. The minimum Gasteiger partial charge on any atom is -0.233 e. The Balaban J connectivity index is 0.000000840. The van der Waals surface area contributed by atoms with Gasteiger partial charge in [0.15, 0.2) is 5.82 Å². The summed E-state index contributed by atoms with van der Waals surface area (Å²) in [5.74, 6) is 0.823. The highest BCUT2D eigenvalue weighted by atomic mass is 79.9. The van der Waals surface area contributed by atoms with E-state index in [1.807, 2.05) is 11.0 Å². The molecular formula is C28H32BrN3O3P+. The number of benzene rings is 3. The summed E-state index contributed by atoms with van der Waals surface area (Å²) < 4.78 is 10.7. The molecule has 4 aromatic rings. The molecule has 188 valence electrons. The van der Waals surface area contributed by atoms with E-state index < -0.39 is 13.8 Å². The third-order valence-electron chi connectivity index (χ3n) is 6.88. The Morgan fingerprint density at radius 3 is 1.53 bits per heavy atom. The Morgan fingerprint density at radius 2 is 1.19 bits per heavy atom. The van der Waals surface area contributed by atoms with Gasteiger partial charge < -0.3 is 0 Å². The van der Waals surface area contributed by atoms with E-state index in [1.165, 1.54) is 0 Å². The molecule has 1 atom stereocenters. The number of alkyl halides is 1. The third kappa shape index (κ3) is 5.81. The van der Waals surface area contributed by atoms with Crippen molar-refractivity contribution in [1.82, 2.24) is 14.8 Å². The minimum atomic E-state index is -2.87. The van der Waals surface area contributed by atoms with Crippen LogP contribution in [0, 0.1) is 5.41 Å². The van der Waals surface area contributed by atoms with Gasteiger partial charge in [0.05, 0.1) is 4.83 Å². The van der Waals surface area contributed by atoms with Gasteiger partial charge in [0.2, 0.25) is 0 Å². The number of hydrogen-bond acceptors (Lipinski definition) is 3. The summed E-state index contributed by atoms with van der Waals surface area (Å²) in [7, 11) is -2.87. The molecule has 1 aromatic heterocycles. The van der Waals surface area contributed by atoms with Crippen molar-refractivity contribution in [2.75, 3.05) is 0 Å². The topological polar surface area (TPSA) is 88.2 Å². The molecular weight excluding hydrogens is 537 g/mol. The largest absolute Gasteiger partial charge is 0.692 e. The molecule has 8 heteroatoms. The maximum absolute atomic E-state index is 8.70. The van der Waals surface area contributed by atoms with Crippen LogP contribution in [0.25, 0.3) is 0 Å². The Hall–Kier alpha value is -2.70. The number of rotatable bonds is 8. The van der Waals surface area contributed by atoms with Crippen LogP contribution in [0.2, 0.25) is 0 Å². The van der Waals surface area contributed by atoms with Crippen LogP contribution in [-0.4, -0.2) is 24.6 Å². The van der Waals surface area contributed by atoms with Gasteiger partial charge in [-0.15, -0.1) is 9.79 Å². The van der Waals surface area contributed by atoms with Crippen LogP contribution < -0.4 is 0 Å². The van der Waals surface area contributed by atoms with Gasteiger partial charge in [-0.3, -0.25) is 0 Å². The molecule has 1 unspecified atom stereocenters. The zero-order valence-electron chi connectivity index (χ0n) is 20.7. The van der Waals surface area contributed by atoms with Crippen LogP contribution in [0.4, 0.5) is 0 Å². The standard InChI is InChI=1S/C28H30BrN3.HO3P/c1-4-27(3,5-2)25(29)26-30-21-32(31-26)28(22-15-9-6-10-16-22,23-17-11-7-12-18-23)24-19-13-8-14-20-24;1-4(2)3/h6-21,25H,4-5H2,1-3H3;(H-,1,2,3)/p+1. The molecule has 0 aliphatic carbocycles. The van der Waals surface area contributed by atoms with Crippen LogP contribution in [0.5, 0.6) is 0 Å². The number of halogens is 1. The van der Waals surface area contributed by atoms with Gasteiger partial charge in [0.1, 0.15) is 11.9 Å². The predicted molar refractivity (Wildman–Crippen MR) is 147 cm³/mol. The number of hydrogen-bond donors (Lipinski definition) is 2. The van der Waals surface area contributed by atoms with E-state index >= 15 is 0 Å². The molecule has 2 N–H and O–H groups in total. The molecule has 36 heavy (non-hydrogen) atoms. The van der Waals surface area contributed by atoms with Crippen molar-refractivity contribution in [1.29, 1.82) is 0 Å². The van der Waals surface area contributed by atoms with E-state index in [2.05, 4.69) is 128 Å². The summed E-state index contributed by atoms with van der Waals surface area (Å²) in [4.78, 5) is 19.1. The van der Waals surface area contributed by atoms with Gasteiger partial charge in [-0.1, -0.05) is 128 Å². The molecule has 6 nitrogen and oxygen atoms in total. The van der Waals surface area contributed by atoms with Crippen molar-refractivity contribution < 1.29 is 14.4 Å². The molecule has 3 aromatic carbocycles. The van der Waals surface area contributed by atoms with Gasteiger partial charge in [0, 0.05) is 4.57 Å². The van der Waals surface area contributed by atoms with Crippen LogP contribution in [0.1, 0.15) is 61.0 Å². The van der Waals surface area contributed by atoms with Gasteiger partial charge >= 0.3 is 8.25 Å². The summed E-state index contributed by atoms with van der Waals surface area (Å²) in [5.41, 5.74) is 2.90. The first kappa shape index (κ1) is 27.9. The molecule has 1 heterocycles. The molecule has 0 saturated carbocycles. The second kappa shape index (κ2) is 12.5. The molecule has 0 saturated heterocycles. The average Bonchev–Trinajstić information content (AvgIpc) is 3.40. The van der Waals surface area contributed by atoms with Crippen molar-refractivity contribution >= 4 is 24.2 Å². The number of aromatic nitrogens is 3. The highest BCUT2D eigenvalue weighted by Crippen LogP contribution is 2.45. The number of nitrogens with zero attached hydrogens (tertiary/aromatic N) is 3. The lowest BCUT2D eigenvalue weighted by Gasteiger charge is -2.36. The highest BCUT2D eigenvalue weighted by Gasteiger charge is 2.41. The summed E-state index contributed by atoms with van der Waals surface area (Å²) in [6.45, 7) is 6.76. The maximum atomic E-state index is 8.70. The summed E-state index contributed by atoms with van der Waals surface area (Å²) in [5, 5.41) is 5.13. The van der Waals surface area contributed by atoms with Crippen molar-refractivity contribution in [3.05, 3.63) is 120 Å². The Morgan fingerprint density at radius 1 is 0.833 bits per heavy atom. The van der Waals surface area contributed by atoms with Crippen LogP contribution in [-0.2, 0) is 10.1 Å². The molecule has 0 spiro atoms. The highest BCUT2D eigenvalue weighted by molar-refractivity contribution is 9.09. The normalized spacial score (nSPS) is 12.4. The van der Waals surface area contributed by atoms with Gasteiger partial charge in [0.25, 0.3) is 0 Å². The summed E-state index contributed by atoms with van der Waals surface area (Å²) in [6.07, 6.45) is 3.99. The summed E-state index contributed by atoms with van der Waals surface area (Å²) in [6, 6.07) is 31.8. The molecule has 0 aliphatic rings. The van der Waals surface area contributed by atoms with Crippen molar-refractivity contribution in [3.8, 4) is 0 Å². The summed E-state index contributed by atoms with van der Waals surface area (Å²) >= 11 is 3.94. The van der Waals surface area contributed by atoms with Crippen LogP contribution >= 0.6 is 24.2 Å². The lowest BCUT2D eigenvalue weighted by atomic mass is 9.77. The van der Waals surface area contributed by atoms with E-state index in [4.69, 9.17) is 24.4 Å². The second-order valence-electron chi connectivity index (χ2n) is 8.83. The second-order valence-corrected chi connectivity index (χ2v) is 10.3. The SMILES string of the molecule is CCC(C)(CC)C(Br)c1ncn(C(c2ccccc2)(c2ccccc2)c2ccccc2)n1.O=[P+](O)O. The molecule has 0 aliphatic heterocycles. The van der Waals surface area contributed by atoms with Crippen molar-refractivity contribution in [2.45, 2.75) is 44.0 Å². The average molecular weight is 569 g/mol. The molecule has 0 radical (unpaired) electrons. The maximum Gasteiger partial charge on any atom is 0.692 e. The van der Waals surface area contributed by atoms with E-state index in [0.29, 0.717) is 0 Å². The van der Waals surface area contributed by atoms with Crippen LogP contribution in [0.3, 0.4) is 0 Å². The molecule has 0 fully saturated rings. The first-order valence-electron chi connectivity index (χ1n) is 11.9. The Kier molecular flexibility index (Phi) is 9.69. The van der Waals surface area contributed by atoms with E-state index in [9.17, 15) is 0 Å². The van der Waals surface area contributed by atoms with Gasteiger partial charge in [-0.2, -0.15) is 5.10 Å². The van der Waals surface area contributed by atoms with Crippen molar-refractivity contribution in [3.63, 3.8) is 0 Å². The fourth-order valence-corrected chi connectivity index (χ4v) is 5.27. The Labute approximate surface area is 222 Å². The fourth-order valence-electron chi connectivity index (χ4n) is 4.41. The minimum absolute atomic E-state index is 0.0753. The van der Waals surface area contributed by atoms with Crippen LogP contribution in [0.15, 0.2) is 97.3 Å². The quantitative estimate of drug-likeness (QED) is 0.135. The predicted octanol–water partition coefficient (Wildman–Crippen LogP) is 7.01.